The fourth-order valence-corrected chi connectivity index (χ4v) is 3.43. The summed E-state index contributed by atoms with van der Waals surface area (Å²) in [5.41, 5.74) is 2.01. The van der Waals surface area contributed by atoms with Crippen molar-refractivity contribution in [2.45, 2.75) is 54.4 Å². The van der Waals surface area contributed by atoms with Crippen LogP contribution >= 0.6 is 0 Å². The molecule has 0 radical (unpaired) electrons. The molecular weight excluding hydrogens is 228 g/mol. The Morgan fingerprint density at radius 2 is 1.11 bits per heavy atom. The Kier molecular flexibility index (Phi) is 2.56. The second-order valence-corrected chi connectivity index (χ2v) is 7.03. The number of rotatable bonds is 0. The molecular formula is C15H22O3. The molecule has 0 saturated heterocycles. The van der Waals surface area contributed by atoms with Gasteiger partial charge in [-0.25, -0.2) is 0 Å². The van der Waals surface area contributed by atoms with E-state index >= 15 is 0 Å². The first-order valence-corrected chi connectivity index (χ1v) is 6.48. The van der Waals surface area contributed by atoms with Crippen molar-refractivity contribution in [3.8, 4) is 0 Å². The summed E-state index contributed by atoms with van der Waals surface area (Å²) in [4.78, 5) is 23.3. The molecule has 0 saturated carbocycles. The molecule has 1 aliphatic carbocycles. The summed E-state index contributed by atoms with van der Waals surface area (Å²) in [6.07, 6.45) is 0.502. The maximum Gasteiger partial charge on any atom is 0.317 e. The number of carbonyl (C=O) groups is 2. The molecule has 0 unspecified atom stereocenters. The molecule has 18 heavy (non-hydrogen) atoms. The van der Waals surface area contributed by atoms with Crippen LogP contribution in [0.5, 0.6) is 0 Å². The van der Waals surface area contributed by atoms with Gasteiger partial charge in [0.05, 0.1) is 12.8 Å². The molecule has 100 valence electrons. The highest BCUT2D eigenvalue weighted by atomic mass is 16.6. The highest BCUT2D eigenvalue weighted by Crippen LogP contribution is 2.66. The molecule has 1 aliphatic heterocycles. The van der Waals surface area contributed by atoms with Crippen molar-refractivity contribution in [2.75, 3.05) is 0 Å². The SMILES string of the molecule is CC1(C)C2=C(CC(=O)OC(=O)C2)C(C)(C)C1(C)C. The summed E-state index contributed by atoms with van der Waals surface area (Å²) in [5, 5.41) is 0. The van der Waals surface area contributed by atoms with E-state index in [0.717, 1.165) is 11.1 Å². The van der Waals surface area contributed by atoms with Crippen LogP contribution in [0.25, 0.3) is 0 Å². The van der Waals surface area contributed by atoms with Crippen molar-refractivity contribution in [1.29, 1.82) is 0 Å². The van der Waals surface area contributed by atoms with Crippen LogP contribution in [0.4, 0.5) is 0 Å². The smallest absolute Gasteiger partial charge is 0.317 e. The molecule has 0 aromatic heterocycles. The van der Waals surface area contributed by atoms with Crippen molar-refractivity contribution in [2.24, 2.45) is 16.2 Å². The van der Waals surface area contributed by atoms with Gasteiger partial charge in [-0.2, -0.15) is 0 Å². The molecule has 1 heterocycles. The van der Waals surface area contributed by atoms with Crippen LogP contribution in [-0.2, 0) is 14.3 Å². The molecule has 2 aliphatic rings. The van der Waals surface area contributed by atoms with E-state index in [9.17, 15) is 9.59 Å². The zero-order chi connectivity index (χ0) is 13.9. The van der Waals surface area contributed by atoms with Crippen LogP contribution in [0.1, 0.15) is 54.4 Å². The van der Waals surface area contributed by atoms with Crippen molar-refractivity contribution in [3.63, 3.8) is 0 Å². The number of carbonyl (C=O) groups excluding carboxylic acids is 2. The first-order valence-electron chi connectivity index (χ1n) is 6.48. The summed E-state index contributed by atoms with van der Waals surface area (Å²) >= 11 is 0. The van der Waals surface area contributed by atoms with Gasteiger partial charge in [-0.3, -0.25) is 9.59 Å². The lowest BCUT2D eigenvalue weighted by atomic mass is 9.57. The Bertz CT molecular complexity index is 424. The summed E-state index contributed by atoms with van der Waals surface area (Å²) in [6.45, 7) is 13.1. The molecule has 0 aromatic carbocycles. The summed E-state index contributed by atoms with van der Waals surface area (Å²) in [7, 11) is 0. The molecule has 2 rings (SSSR count). The van der Waals surface area contributed by atoms with Gasteiger partial charge in [-0.05, 0) is 16.2 Å². The molecule has 0 bridgehead atoms. The molecule has 0 N–H and O–H groups in total. The third kappa shape index (κ3) is 1.42. The second kappa shape index (κ2) is 3.46. The summed E-state index contributed by atoms with van der Waals surface area (Å²) in [6, 6.07) is 0. The van der Waals surface area contributed by atoms with E-state index in [2.05, 4.69) is 41.5 Å². The van der Waals surface area contributed by atoms with Crippen LogP contribution in [0.3, 0.4) is 0 Å². The molecule has 3 nitrogen and oxygen atoms in total. The van der Waals surface area contributed by atoms with Gasteiger partial charge in [0, 0.05) is 0 Å². The summed E-state index contributed by atoms with van der Waals surface area (Å²) in [5.74, 6) is -0.821. The zero-order valence-electron chi connectivity index (χ0n) is 12.1. The predicted molar refractivity (Wildman–Crippen MR) is 68.7 cm³/mol. The average Bonchev–Trinajstić information content (AvgIpc) is 2.34. The molecule has 0 amide bonds. The standard InChI is InChI=1S/C15H22O3/c1-13(2)9-7-11(16)18-12(17)8-10(9)14(3,4)15(13,5)6/h7-8H2,1-6H3. The van der Waals surface area contributed by atoms with Crippen LogP contribution in [-0.4, -0.2) is 11.9 Å². The van der Waals surface area contributed by atoms with Gasteiger partial charge < -0.3 is 4.74 Å². The maximum atomic E-state index is 11.7. The summed E-state index contributed by atoms with van der Waals surface area (Å²) < 4.78 is 4.78. The van der Waals surface area contributed by atoms with E-state index in [-0.39, 0.29) is 29.1 Å². The first kappa shape index (κ1) is 13.3. The number of hydrogen-bond acceptors (Lipinski definition) is 3. The number of ether oxygens (including phenoxy) is 1. The van der Waals surface area contributed by atoms with Crippen molar-refractivity contribution in [1.82, 2.24) is 0 Å². The molecule has 0 spiro atoms. The van der Waals surface area contributed by atoms with Crippen molar-refractivity contribution in [3.05, 3.63) is 11.1 Å². The minimum atomic E-state index is -0.411. The van der Waals surface area contributed by atoms with E-state index in [1.807, 2.05) is 0 Å². The van der Waals surface area contributed by atoms with Crippen LogP contribution < -0.4 is 0 Å². The Labute approximate surface area is 109 Å². The van der Waals surface area contributed by atoms with Crippen LogP contribution in [0.15, 0.2) is 11.1 Å². The zero-order valence-corrected chi connectivity index (χ0v) is 12.1. The topological polar surface area (TPSA) is 43.4 Å². The monoisotopic (exact) mass is 250 g/mol. The van der Waals surface area contributed by atoms with Crippen molar-refractivity contribution >= 4 is 11.9 Å². The van der Waals surface area contributed by atoms with Crippen molar-refractivity contribution < 1.29 is 14.3 Å². The Morgan fingerprint density at radius 1 is 0.778 bits per heavy atom. The maximum absolute atomic E-state index is 11.7. The number of hydrogen-bond donors (Lipinski definition) is 0. The van der Waals surface area contributed by atoms with Gasteiger partial charge in [0.25, 0.3) is 0 Å². The molecule has 0 aromatic rings. The van der Waals surface area contributed by atoms with Crippen LogP contribution in [0.2, 0.25) is 0 Å². The third-order valence-electron chi connectivity index (χ3n) is 5.87. The largest absolute Gasteiger partial charge is 0.393 e. The molecule has 0 atom stereocenters. The minimum Gasteiger partial charge on any atom is -0.393 e. The minimum absolute atomic E-state index is 0.00255. The van der Waals surface area contributed by atoms with Gasteiger partial charge in [0.2, 0.25) is 0 Å². The average molecular weight is 250 g/mol. The second-order valence-electron chi connectivity index (χ2n) is 7.03. The highest BCUT2D eigenvalue weighted by molar-refractivity contribution is 5.90. The van der Waals surface area contributed by atoms with E-state index < -0.39 is 11.9 Å². The van der Waals surface area contributed by atoms with Crippen LogP contribution in [0, 0.1) is 16.2 Å². The molecule has 0 fully saturated rings. The van der Waals surface area contributed by atoms with Gasteiger partial charge in [0.1, 0.15) is 0 Å². The third-order valence-corrected chi connectivity index (χ3v) is 5.87. The van der Waals surface area contributed by atoms with E-state index in [1.54, 1.807) is 0 Å². The van der Waals surface area contributed by atoms with E-state index in [0.29, 0.717) is 0 Å². The Balaban J connectivity index is 2.63. The quantitative estimate of drug-likeness (QED) is 0.376. The lowest BCUT2D eigenvalue weighted by Gasteiger charge is -2.46. The lowest BCUT2D eigenvalue weighted by molar-refractivity contribution is -0.158. The lowest BCUT2D eigenvalue weighted by Crippen LogP contribution is -2.40. The number of esters is 2. The molecule has 3 heteroatoms. The predicted octanol–water partition coefficient (Wildman–Crippen LogP) is 3.24. The Hall–Kier alpha value is -1.12. The van der Waals surface area contributed by atoms with Gasteiger partial charge in [0.15, 0.2) is 0 Å². The first-order chi connectivity index (χ1) is 8.01. The normalized spacial score (nSPS) is 28.8. The van der Waals surface area contributed by atoms with Gasteiger partial charge in [-0.1, -0.05) is 52.7 Å². The van der Waals surface area contributed by atoms with E-state index in [1.165, 1.54) is 0 Å². The highest BCUT2D eigenvalue weighted by Gasteiger charge is 2.59. The van der Waals surface area contributed by atoms with Gasteiger partial charge in [-0.15, -0.1) is 0 Å². The Morgan fingerprint density at radius 3 is 1.44 bits per heavy atom. The number of cyclic esters (lactones) is 2. The van der Waals surface area contributed by atoms with Gasteiger partial charge >= 0.3 is 11.9 Å². The fourth-order valence-electron chi connectivity index (χ4n) is 3.43. The van der Waals surface area contributed by atoms with E-state index in [4.69, 9.17) is 4.74 Å². The fraction of sp³-hybridized carbons (Fsp3) is 0.733.